The number of halogens is 3. The number of rotatable bonds is 5. The van der Waals surface area contributed by atoms with E-state index in [1.807, 2.05) is 0 Å². The molecule has 0 atom stereocenters. The molecule has 0 aliphatic heterocycles. The fourth-order valence-corrected chi connectivity index (χ4v) is 2.24. The van der Waals surface area contributed by atoms with E-state index in [-0.39, 0.29) is 18.2 Å². The highest BCUT2D eigenvalue weighted by atomic mass is 35.5. The molecule has 0 aliphatic rings. The van der Waals surface area contributed by atoms with Crippen molar-refractivity contribution in [1.29, 1.82) is 0 Å². The molecule has 0 saturated carbocycles. The van der Waals surface area contributed by atoms with Crippen molar-refractivity contribution < 1.29 is 19.0 Å². The Bertz CT molecular complexity index is 647. The van der Waals surface area contributed by atoms with Gasteiger partial charge in [-0.05, 0) is 29.8 Å². The summed E-state index contributed by atoms with van der Waals surface area (Å²) >= 11 is 11.8. The van der Waals surface area contributed by atoms with Crippen LogP contribution in [0.5, 0.6) is 11.5 Å². The number of hydrogen-bond acceptors (Lipinski definition) is 3. The van der Waals surface area contributed by atoms with Crippen molar-refractivity contribution in [3.8, 4) is 11.5 Å². The monoisotopic (exact) mass is 330 g/mol. The number of aliphatic hydroxyl groups excluding tert-OH is 1. The summed E-state index contributed by atoms with van der Waals surface area (Å²) in [7, 11) is 1.46. The summed E-state index contributed by atoms with van der Waals surface area (Å²) in [6, 6.07) is 7.52. The molecule has 0 aromatic heterocycles. The summed E-state index contributed by atoms with van der Waals surface area (Å²) in [6.45, 7) is -0.181. The van der Waals surface area contributed by atoms with Crippen molar-refractivity contribution >= 4 is 23.2 Å². The van der Waals surface area contributed by atoms with E-state index in [1.165, 1.54) is 13.2 Å². The normalized spacial score (nSPS) is 10.5. The summed E-state index contributed by atoms with van der Waals surface area (Å²) < 4.78 is 24.4. The van der Waals surface area contributed by atoms with Gasteiger partial charge in [0.15, 0.2) is 11.5 Å². The van der Waals surface area contributed by atoms with Gasteiger partial charge in [-0.15, -0.1) is 0 Å². The van der Waals surface area contributed by atoms with Crippen LogP contribution in [-0.2, 0) is 13.2 Å². The lowest BCUT2D eigenvalue weighted by Crippen LogP contribution is -2.01. The maximum Gasteiger partial charge on any atom is 0.180 e. The van der Waals surface area contributed by atoms with Gasteiger partial charge in [-0.1, -0.05) is 29.3 Å². The van der Waals surface area contributed by atoms with Crippen LogP contribution in [-0.4, -0.2) is 12.2 Å². The molecule has 112 valence electrons. The highest BCUT2D eigenvalue weighted by Gasteiger charge is 2.13. The molecular weight excluding hydrogens is 318 g/mol. The van der Waals surface area contributed by atoms with E-state index in [2.05, 4.69) is 0 Å². The predicted octanol–water partition coefficient (Wildman–Crippen LogP) is 4.21. The van der Waals surface area contributed by atoms with Gasteiger partial charge in [0.25, 0.3) is 0 Å². The third-order valence-electron chi connectivity index (χ3n) is 2.86. The van der Waals surface area contributed by atoms with Gasteiger partial charge in [-0.25, -0.2) is 4.39 Å². The molecular formula is C15H13Cl2FO3. The quantitative estimate of drug-likeness (QED) is 0.892. The minimum absolute atomic E-state index is 0.0163. The lowest BCUT2D eigenvalue weighted by Gasteiger charge is -2.14. The van der Waals surface area contributed by atoms with Crippen LogP contribution in [0.4, 0.5) is 4.39 Å². The lowest BCUT2D eigenvalue weighted by molar-refractivity contribution is 0.272. The number of methoxy groups -OCH3 is 1. The van der Waals surface area contributed by atoms with Crippen LogP contribution < -0.4 is 9.47 Å². The van der Waals surface area contributed by atoms with Gasteiger partial charge in [0, 0.05) is 10.6 Å². The molecule has 1 N–H and O–H groups in total. The Morgan fingerprint density at radius 2 is 1.95 bits per heavy atom. The molecule has 2 aromatic carbocycles. The van der Waals surface area contributed by atoms with E-state index in [9.17, 15) is 4.39 Å². The van der Waals surface area contributed by atoms with Crippen molar-refractivity contribution in [1.82, 2.24) is 0 Å². The molecule has 0 aliphatic carbocycles. The standard InChI is InChI=1S/C15H13Cl2FO3/c1-20-14-5-9(7-19)4-12(17)15(14)21-8-10-2-3-11(16)6-13(10)18/h2-6,19H,7-8H2,1H3. The SMILES string of the molecule is COc1cc(CO)cc(Cl)c1OCc1ccc(Cl)cc1F. The molecule has 0 fully saturated rings. The zero-order chi connectivity index (χ0) is 15.4. The molecule has 0 heterocycles. The van der Waals surface area contributed by atoms with Gasteiger partial charge in [0.2, 0.25) is 0 Å². The van der Waals surface area contributed by atoms with Gasteiger partial charge < -0.3 is 14.6 Å². The lowest BCUT2D eigenvalue weighted by atomic mass is 10.2. The van der Waals surface area contributed by atoms with E-state index in [0.29, 0.717) is 27.6 Å². The van der Waals surface area contributed by atoms with Gasteiger partial charge in [0.05, 0.1) is 18.7 Å². The Balaban J connectivity index is 2.23. The third-order valence-corrected chi connectivity index (χ3v) is 3.37. The van der Waals surface area contributed by atoms with Crippen LogP contribution in [0.2, 0.25) is 10.0 Å². The Morgan fingerprint density at radius 3 is 2.57 bits per heavy atom. The topological polar surface area (TPSA) is 38.7 Å². The maximum atomic E-state index is 13.7. The molecule has 2 aromatic rings. The Hall–Kier alpha value is -1.49. The summed E-state index contributed by atoms with van der Waals surface area (Å²) in [5.74, 6) is 0.219. The molecule has 6 heteroatoms. The summed E-state index contributed by atoms with van der Waals surface area (Å²) in [6.07, 6.45) is 0. The summed E-state index contributed by atoms with van der Waals surface area (Å²) in [5, 5.41) is 9.73. The van der Waals surface area contributed by atoms with Crippen molar-refractivity contribution in [3.05, 3.63) is 57.3 Å². The van der Waals surface area contributed by atoms with Crippen LogP contribution in [0.25, 0.3) is 0 Å². The first kappa shape index (κ1) is 15.9. The Morgan fingerprint density at radius 1 is 1.19 bits per heavy atom. The van der Waals surface area contributed by atoms with Crippen molar-refractivity contribution in [2.75, 3.05) is 7.11 Å². The molecule has 0 spiro atoms. The first-order valence-corrected chi connectivity index (χ1v) is 6.84. The van der Waals surface area contributed by atoms with Gasteiger partial charge in [-0.2, -0.15) is 0 Å². The van der Waals surface area contributed by atoms with Crippen molar-refractivity contribution in [2.24, 2.45) is 0 Å². The zero-order valence-electron chi connectivity index (χ0n) is 11.2. The molecule has 0 unspecified atom stereocenters. The molecule has 0 bridgehead atoms. The second-order valence-corrected chi connectivity index (χ2v) is 5.14. The second kappa shape index (κ2) is 6.98. The highest BCUT2D eigenvalue weighted by Crippen LogP contribution is 2.37. The number of hydrogen-bond donors (Lipinski definition) is 1. The van der Waals surface area contributed by atoms with E-state index in [0.717, 1.165) is 0 Å². The second-order valence-electron chi connectivity index (χ2n) is 4.29. The van der Waals surface area contributed by atoms with Crippen molar-refractivity contribution in [2.45, 2.75) is 13.2 Å². The fourth-order valence-electron chi connectivity index (χ4n) is 1.79. The first-order chi connectivity index (χ1) is 10.0. The molecule has 0 radical (unpaired) electrons. The smallest absolute Gasteiger partial charge is 0.180 e. The highest BCUT2D eigenvalue weighted by molar-refractivity contribution is 6.32. The average Bonchev–Trinajstić information content (AvgIpc) is 2.46. The zero-order valence-corrected chi connectivity index (χ0v) is 12.7. The molecule has 3 nitrogen and oxygen atoms in total. The third kappa shape index (κ3) is 3.79. The molecule has 0 saturated heterocycles. The van der Waals surface area contributed by atoms with Crippen LogP contribution in [0.3, 0.4) is 0 Å². The van der Waals surface area contributed by atoms with Crippen molar-refractivity contribution in [3.63, 3.8) is 0 Å². The summed E-state index contributed by atoms with van der Waals surface area (Å²) in [5.41, 5.74) is 0.950. The van der Waals surface area contributed by atoms with E-state index in [4.69, 9.17) is 37.8 Å². The van der Waals surface area contributed by atoms with E-state index in [1.54, 1.807) is 24.3 Å². The fraction of sp³-hybridized carbons (Fsp3) is 0.200. The predicted molar refractivity (Wildman–Crippen MR) is 79.7 cm³/mol. The van der Waals surface area contributed by atoms with E-state index < -0.39 is 5.82 Å². The Labute approximate surface area is 131 Å². The number of benzene rings is 2. The molecule has 0 amide bonds. The van der Waals surface area contributed by atoms with Gasteiger partial charge >= 0.3 is 0 Å². The molecule has 2 rings (SSSR count). The average molecular weight is 331 g/mol. The van der Waals surface area contributed by atoms with Crippen LogP contribution in [0.1, 0.15) is 11.1 Å². The minimum Gasteiger partial charge on any atom is -0.493 e. The van der Waals surface area contributed by atoms with Crippen LogP contribution in [0, 0.1) is 5.82 Å². The minimum atomic E-state index is -0.454. The summed E-state index contributed by atoms with van der Waals surface area (Å²) in [4.78, 5) is 0. The molecule has 21 heavy (non-hydrogen) atoms. The van der Waals surface area contributed by atoms with Gasteiger partial charge in [0.1, 0.15) is 12.4 Å². The number of ether oxygens (including phenoxy) is 2. The van der Waals surface area contributed by atoms with Crippen LogP contribution >= 0.6 is 23.2 Å². The maximum absolute atomic E-state index is 13.7. The first-order valence-electron chi connectivity index (χ1n) is 6.09. The number of aliphatic hydroxyl groups is 1. The van der Waals surface area contributed by atoms with Gasteiger partial charge in [-0.3, -0.25) is 0 Å². The van der Waals surface area contributed by atoms with Crippen LogP contribution in [0.15, 0.2) is 30.3 Å². The Kier molecular flexibility index (Phi) is 5.28. The largest absolute Gasteiger partial charge is 0.493 e. The van der Waals surface area contributed by atoms with E-state index >= 15 is 0 Å².